The average Bonchev–Trinajstić information content (AvgIpc) is 2.93. The van der Waals surface area contributed by atoms with E-state index in [4.69, 9.17) is 4.74 Å². The third-order valence-corrected chi connectivity index (χ3v) is 4.29. The van der Waals surface area contributed by atoms with Crippen LogP contribution in [0.15, 0.2) is 6.07 Å². The molecule has 3 heteroatoms. The molecular formula is C15H20FNO. The summed E-state index contributed by atoms with van der Waals surface area (Å²) in [5.74, 6) is 1.25. The number of fused-ring (bicyclic) bond motifs is 1. The molecule has 0 spiro atoms. The van der Waals surface area contributed by atoms with E-state index in [0.717, 1.165) is 67.6 Å². The molecule has 1 saturated heterocycles. The van der Waals surface area contributed by atoms with Crippen molar-refractivity contribution in [3.05, 3.63) is 28.6 Å². The van der Waals surface area contributed by atoms with Gasteiger partial charge in [0, 0.05) is 18.0 Å². The summed E-state index contributed by atoms with van der Waals surface area (Å²) in [6.45, 7) is 1.88. The fourth-order valence-electron chi connectivity index (χ4n) is 3.28. The van der Waals surface area contributed by atoms with Crippen molar-refractivity contribution in [1.29, 1.82) is 0 Å². The third-order valence-electron chi connectivity index (χ3n) is 4.29. The first kappa shape index (κ1) is 12.0. The highest BCUT2D eigenvalue weighted by Gasteiger charge is 2.26. The van der Waals surface area contributed by atoms with Crippen molar-refractivity contribution in [3.63, 3.8) is 0 Å². The van der Waals surface area contributed by atoms with E-state index in [1.807, 2.05) is 6.07 Å². The van der Waals surface area contributed by atoms with Crippen LogP contribution in [0.2, 0.25) is 0 Å². The smallest absolute Gasteiger partial charge is 0.130 e. The van der Waals surface area contributed by atoms with Crippen molar-refractivity contribution >= 4 is 0 Å². The van der Waals surface area contributed by atoms with Gasteiger partial charge in [0.05, 0.1) is 7.11 Å². The van der Waals surface area contributed by atoms with E-state index < -0.39 is 0 Å². The van der Waals surface area contributed by atoms with Crippen LogP contribution in [0.4, 0.5) is 4.39 Å². The minimum Gasteiger partial charge on any atom is -0.496 e. The summed E-state index contributed by atoms with van der Waals surface area (Å²) in [6.07, 6.45) is 5.09. The number of benzene rings is 1. The number of nitrogens with one attached hydrogen (secondary N) is 1. The molecular weight excluding hydrogens is 229 g/mol. The zero-order valence-electron chi connectivity index (χ0n) is 10.9. The van der Waals surface area contributed by atoms with Crippen LogP contribution in [-0.4, -0.2) is 20.2 Å². The van der Waals surface area contributed by atoms with Gasteiger partial charge >= 0.3 is 0 Å². The standard InChI is InChI=1S/C15H20FNO/c1-18-14-8-13(10-6-7-17-9-10)15(16)12-5-3-2-4-11(12)14/h8,10,17H,2-7,9H2,1H3. The fraction of sp³-hybridized carbons (Fsp3) is 0.600. The maximum Gasteiger partial charge on any atom is 0.130 e. The Labute approximate surface area is 108 Å². The molecule has 0 amide bonds. The lowest BCUT2D eigenvalue weighted by molar-refractivity contribution is 0.401. The van der Waals surface area contributed by atoms with E-state index in [2.05, 4.69) is 5.32 Å². The summed E-state index contributed by atoms with van der Waals surface area (Å²) in [4.78, 5) is 0. The lowest BCUT2D eigenvalue weighted by atomic mass is 9.85. The van der Waals surface area contributed by atoms with Crippen LogP contribution in [0.5, 0.6) is 5.75 Å². The predicted molar refractivity (Wildman–Crippen MR) is 69.8 cm³/mol. The highest BCUT2D eigenvalue weighted by atomic mass is 19.1. The largest absolute Gasteiger partial charge is 0.496 e. The molecule has 18 heavy (non-hydrogen) atoms. The Morgan fingerprint density at radius 1 is 1.28 bits per heavy atom. The topological polar surface area (TPSA) is 21.3 Å². The summed E-state index contributed by atoms with van der Waals surface area (Å²) >= 11 is 0. The van der Waals surface area contributed by atoms with Gasteiger partial charge in [-0.25, -0.2) is 4.39 Å². The Hall–Kier alpha value is -1.09. The first-order valence-electron chi connectivity index (χ1n) is 6.90. The SMILES string of the molecule is COc1cc(C2CCNC2)c(F)c2c1CCCC2. The van der Waals surface area contributed by atoms with Gasteiger partial charge in [-0.15, -0.1) is 0 Å². The number of halogens is 1. The van der Waals surface area contributed by atoms with Gasteiger partial charge in [0.1, 0.15) is 11.6 Å². The van der Waals surface area contributed by atoms with Crippen LogP contribution in [0.25, 0.3) is 0 Å². The van der Waals surface area contributed by atoms with E-state index in [-0.39, 0.29) is 5.82 Å². The van der Waals surface area contributed by atoms with Crippen LogP contribution < -0.4 is 10.1 Å². The van der Waals surface area contributed by atoms with E-state index in [9.17, 15) is 4.39 Å². The van der Waals surface area contributed by atoms with E-state index >= 15 is 0 Å². The van der Waals surface area contributed by atoms with Crippen molar-refractivity contribution in [2.45, 2.75) is 38.0 Å². The quantitative estimate of drug-likeness (QED) is 0.870. The van der Waals surface area contributed by atoms with Gasteiger partial charge in [0.25, 0.3) is 0 Å². The first-order chi connectivity index (χ1) is 8.81. The lowest BCUT2D eigenvalue weighted by Crippen LogP contribution is -2.14. The van der Waals surface area contributed by atoms with Gasteiger partial charge in [0.2, 0.25) is 0 Å². The van der Waals surface area contributed by atoms with Gasteiger partial charge in [-0.3, -0.25) is 0 Å². The predicted octanol–water partition coefficient (Wildman–Crippen LogP) is 2.79. The fourth-order valence-corrected chi connectivity index (χ4v) is 3.28. The Balaban J connectivity index is 2.09. The molecule has 0 bridgehead atoms. The third kappa shape index (κ3) is 1.91. The highest BCUT2D eigenvalue weighted by Crippen LogP contribution is 2.37. The second kappa shape index (κ2) is 4.88. The molecule has 0 aromatic heterocycles. The summed E-state index contributed by atoms with van der Waals surface area (Å²) < 4.78 is 20.1. The van der Waals surface area contributed by atoms with Gasteiger partial charge in [-0.05, 0) is 55.8 Å². The Kier molecular flexibility index (Phi) is 3.25. The molecule has 1 aliphatic heterocycles. The van der Waals surface area contributed by atoms with Crippen molar-refractivity contribution in [2.24, 2.45) is 0 Å². The molecule has 98 valence electrons. The van der Waals surface area contributed by atoms with Crippen LogP contribution in [0, 0.1) is 5.82 Å². The van der Waals surface area contributed by atoms with Crippen LogP contribution >= 0.6 is 0 Å². The number of hydrogen-bond donors (Lipinski definition) is 1. The summed E-state index contributed by atoms with van der Waals surface area (Å²) in [5.41, 5.74) is 2.89. The minimum atomic E-state index is 0.0409. The summed E-state index contributed by atoms with van der Waals surface area (Å²) in [5, 5.41) is 3.31. The maximum atomic E-state index is 14.6. The second-order valence-electron chi connectivity index (χ2n) is 5.34. The van der Waals surface area contributed by atoms with E-state index in [1.54, 1.807) is 7.11 Å². The number of methoxy groups -OCH3 is 1. The Bertz CT molecular complexity index is 452. The van der Waals surface area contributed by atoms with Gasteiger partial charge in [-0.1, -0.05) is 0 Å². The van der Waals surface area contributed by atoms with Crippen LogP contribution in [0.3, 0.4) is 0 Å². The van der Waals surface area contributed by atoms with Crippen molar-refractivity contribution in [3.8, 4) is 5.75 Å². The molecule has 1 fully saturated rings. The van der Waals surface area contributed by atoms with Crippen molar-refractivity contribution in [1.82, 2.24) is 5.32 Å². The van der Waals surface area contributed by atoms with Crippen molar-refractivity contribution < 1.29 is 9.13 Å². The van der Waals surface area contributed by atoms with E-state index in [1.165, 1.54) is 0 Å². The maximum absolute atomic E-state index is 14.6. The first-order valence-corrected chi connectivity index (χ1v) is 6.90. The molecule has 0 radical (unpaired) electrons. The molecule has 1 heterocycles. The molecule has 1 aromatic carbocycles. The van der Waals surface area contributed by atoms with Gasteiger partial charge in [0.15, 0.2) is 0 Å². The number of hydrogen-bond acceptors (Lipinski definition) is 2. The minimum absolute atomic E-state index is 0.0409. The molecule has 1 aliphatic carbocycles. The highest BCUT2D eigenvalue weighted by molar-refractivity contribution is 5.47. The molecule has 2 aliphatic rings. The summed E-state index contributed by atoms with van der Waals surface area (Å²) in [6, 6.07) is 1.94. The van der Waals surface area contributed by atoms with Crippen LogP contribution in [0.1, 0.15) is 41.9 Å². The zero-order valence-corrected chi connectivity index (χ0v) is 10.9. The molecule has 1 atom stereocenters. The molecule has 3 rings (SSSR count). The van der Waals surface area contributed by atoms with Crippen molar-refractivity contribution in [2.75, 3.05) is 20.2 Å². The van der Waals surface area contributed by atoms with Gasteiger partial charge in [-0.2, -0.15) is 0 Å². The summed E-state index contributed by atoms with van der Waals surface area (Å²) in [7, 11) is 1.69. The van der Waals surface area contributed by atoms with E-state index in [0.29, 0.717) is 5.92 Å². The number of rotatable bonds is 2. The zero-order chi connectivity index (χ0) is 12.5. The molecule has 1 unspecified atom stereocenters. The normalized spacial score (nSPS) is 22.9. The molecule has 1 aromatic rings. The molecule has 0 saturated carbocycles. The Morgan fingerprint density at radius 2 is 2.06 bits per heavy atom. The second-order valence-corrected chi connectivity index (χ2v) is 5.34. The molecule has 1 N–H and O–H groups in total. The Morgan fingerprint density at radius 3 is 2.72 bits per heavy atom. The lowest BCUT2D eigenvalue weighted by Gasteiger charge is -2.23. The van der Waals surface area contributed by atoms with Crippen LogP contribution in [-0.2, 0) is 12.8 Å². The number of ether oxygens (including phenoxy) is 1. The monoisotopic (exact) mass is 249 g/mol. The average molecular weight is 249 g/mol. The molecule has 2 nitrogen and oxygen atoms in total. The van der Waals surface area contributed by atoms with Gasteiger partial charge < -0.3 is 10.1 Å².